The maximum absolute atomic E-state index is 12.8. The van der Waals surface area contributed by atoms with Crippen molar-refractivity contribution in [3.05, 3.63) is 75.2 Å². The van der Waals surface area contributed by atoms with Crippen LogP contribution in [-0.4, -0.2) is 33.1 Å². The van der Waals surface area contributed by atoms with Crippen molar-refractivity contribution >= 4 is 67.5 Å². The number of halogens is 2. The van der Waals surface area contributed by atoms with Gasteiger partial charge in [-0.25, -0.2) is 0 Å². The van der Waals surface area contributed by atoms with E-state index in [4.69, 9.17) is 28.6 Å². The molecule has 0 aliphatic carbocycles. The van der Waals surface area contributed by atoms with Crippen LogP contribution in [0, 0.1) is 6.92 Å². The Morgan fingerprint density at radius 1 is 1.09 bits per heavy atom. The number of methoxy groups -OCH3 is 1. The van der Waals surface area contributed by atoms with Crippen LogP contribution in [0.4, 0.5) is 5.69 Å². The van der Waals surface area contributed by atoms with Gasteiger partial charge in [-0.05, 0) is 79.3 Å². The molecular weight excluding hydrogens is 514 g/mol. The smallest absolute Gasteiger partial charge is 0.261 e. The zero-order valence-electron chi connectivity index (χ0n) is 17.0. The zero-order chi connectivity index (χ0) is 22.8. The number of benzene rings is 3. The number of hydrogen-bond donors (Lipinski definition) is 2. The van der Waals surface area contributed by atoms with E-state index in [2.05, 4.69) is 36.8 Å². The van der Waals surface area contributed by atoms with Gasteiger partial charge in [0, 0.05) is 15.2 Å². The predicted octanol–water partition coefficient (Wildman–Crippen LogP) is 5.28. The Kier molecular flexibility index (Phi) is 6.40. The molecule has 32 heavy (non-hydrogen) atoms. The Morgan fingerprint density at radius 3 is 2.53 bits per heavy atom. The Morgan fingerprint density at radius 2 is 1.81 bits per heavy atom. The van der Waals surface area contributed by atoms with Gasteiger partial charge in [0.15, 0.2) is 5.11 Å². The zero-order valence-corrected chi connectivity index (χ0v) is 20.2. The third-order valence-electron chi connectivity index (χ3n) is 4.61. The number of aryl methyl sites for hydroxylation is 1. The molecule has 4 rings (SSSR count). The van der Waals surface area contributed by atoms with Crippen LogP contribution in [0.15, 0.2) is 59.1 Å². The minimum atomic E-state index is -0.376. The average Bonchev–Trinajstić information content (AvgIpc) is 3.17. The molecule has 1 amide bonds. The van der Waals surface area contributed by atoms with E-state index in [0.29, 0.717) is 27.5 Å². The summed E-state index contributed by atoms with van der Waals surface area (Å²) < 4.78 is 6.15. The molecule has 0 unspecified atom stereocenters. The van der Waals surface area contributed by atoms with Crippen molar-refractivity contribution in [2.24, 2.45) is 0 Å². The lowest BCUT2D eigenvalue weighted by atomic mass is 10.1. The molecule has 4 aromatic rings. The second-order valence-corrected chi connectivity index (χ2v) is 8.64. The number of amides is 1. The van der Waals surface area contributed by atoms with E-state index in [-0.39, 0.29) is 11.0 Å². The van der Waals surface area contributed by atoms with Gasteiger partial charge in [-0.3, -0.25) is 10.1 Å². The second-order valence-electron chi connectivity index (χ2n) is 6.88. The molecule has 0 radical (unpaired) electrons. The number of nitrogens with one attached hydrogen (secondary N) is 2. The maximum atomic E-state index is 12.8. The van der Waals surface area contributed by atoms with Crippen molar-refractivity contribution in [2.75, 3.05) is 12.4 Å². The minimum Gasteiger partial charge on any atom is -0.496 e. The first-order valence-electron chi connectivity index (χ1n) is 9.43. The van der Waals surface area contributed by atoms with E-state index < -0.39 is 0 Å². The van der Waals surface area contributed by atoms with Crippen LogP contribution in [0.2, 0.25) is 5.02 Å². The van der Waals surface area contributed by atoms with Gasteiger partial charge < -0.3 is 10.1 Å². The van der Waals surface area contributed by atoms with Gasteiger partial charge in [-0.2, -0.15) is 4.80 Å². The molecule has 0 aliphatic heterocycles. The molecule has 162 valence electrons. The Hall–Kier alpha value is -3.01. The molecule has 0 saturated heterocycles. The van der Waals surface area contributed by atoms with E-state index in [0.717, 1.165) is 21.2 Å². The van der Waals surface area contributed by atoms with Gasteiger partial charge in [0.05, 0.1) is 18.4 Å². The first-order chi connectivity index (χ1) is 15.3. The van der Waals surface area contributed by atoms with Gasteiger partial charge in [0.25, 0.3) is 5.91 Å². The third-order valence-corrected chi connectivity index (χ3v) is 5.52. The fraction of sp³-hybridized carbons (Fsp3) is 0.0909. The number of aromatic nitrogens is 3. The van der Waals surface area contributed by atoms with Crippen LogP contribution in [0.1, 0.15) is 15.9 Å². The van der Waals surface area contributed by atoms with Gasteiger partial charge in [-0.15, -0.1) is 10.2 Å². The molecule has 1 heterocycles. The highest BCUT2D eigenvalue weighted by molar-refractivity contribution is 9.10. The number of anilines is 1. The molecule has 1 aromatic heterocycles. The van der Waals surface area contributed by atoms with Crippen LogP contribution < -0.4 is 15.4 Å². The standard InChI is InChI=1S/C22H17BrClN5O2S/c1-12-9-13(23)10-17(20(12)31-2)21(30)26-22(32)25-15-5-8-18-19(11-15)28-29(27-18)16-6-3-14(24)4-7-16/h3-11H,1-2H3,(H2,25,26,30,32). The Labute approximate surface area is 202 Å². The fourth-order valence-electron chi connectivity index (χ4n) is 3.18. The molecule has 0 spiro atoms. The van der Waals surface area contributed by atoms with Crippen molar-refractivity contribution < 1.29 is 9.53 Å². The van der Waals surface area contributed by atoms with Crippen LogP contribution in [0.3, 0.4) is 0 Å². The van der Waals surface area contributed by atoms with E-state index in [1.807, 2.05) is 37.3 Å². The molecule has 10 heteroatoms. The largest absolute Gasteiger partial charge is 0.496 e. The maximum Gasteiger partial charge on any atom is 0.261 e. The predicted molar refractivity (Wildman–Crippen MR) is 133 cm³/mol. The minimum absolute atomic E-state index is 0.152. The van der Waals surface area contributed by atoms with Gasteiger partial charge >= 0.3 is 0 Å². The first kappa shape index (κ1) is 22.2. The molecule has 3 aromatic carbocycles. The number of hydrogen-bond acceptors (Lipinski definition) is 5. The number of rotatable bonds is 4. The molecule has 0 fully saturated rings. The van der Waals surface area contributed by atoms with Crippen LogP contribution in [-0.2, 0) is 0 Å². The number of carbonyl (C=O) groups excluding carboxylic acids is 1. The molecule has 0 bridgehead atoms. The van der Waals surface area contributed by atoms with E-state index in [1.165, 1.54) is 11.9 Å². The summed E-state index contributed by atoms with van der Waals surface area (Å²) in [6.07, 6.45) is 0. The summed E-state index contributed by atoms with van der Waals surface area (Å²) in [6.45, 7) is 1.86. The fourth-order valence-corrected chi connectivity index (χ4v) is 4.09. The van der Waals surface area contributed by atoms with Crippen LogP contribution >= 0.6 is 39.7 Å². The topological polar surface area (TPSA) is 81.1 Å². The lowest BCUT2D eigenvalue weighted by Crippen LogP contribution is -2.34. The lowest BCUT2D eigenvalue weighted by molar-refractivity contribution is 0.0974. The summed E-state index contributed by atoms with van der Waals surface area (Å²) in [5, 5.41) is 15.5. The SMILES string of the molecule is COc1c(C)cc(Br)cc1C(=O)NC(=S)Nc1ccc2nn(-c3ccc(Cl)cc3)nc2c1. The Bertz CT molecular complexity index is 1340. The molecular formula is C22H17BrClN5O2S. The van der Waals surface area contributed by atoms with E-state index in [9.17, 15) is 4.79 Å². The number of carbonyl (C=O) groups is 1. The van der Waals surface area contributed by atoms with E-state index >= 15 is 0 Å². The highest BCUT2D eigenvalue weighted by Gasteiger charge is 2.17. The van der Waals surface area contributed by atoms with Crippen molar-refractivity contribution in [3.63, 3.8) is 0 Å². The Balaban J connectivity index is 1.50. The summed E-state index contributed by atoms with van der Waals surface area (Å²) in [4.78, 5) is 14.3. The van der Waals surface area contributed by atoms with E-state index in [1.54, 1.807) is 24.3 Å². The lowest BCUT2D eigenvalue weighted by Gasteiger charge is -2.13. The van der Waals surface area contributed by atoms with Crippen molar-refractivity contribution in [3.8, 4) is 11.4 Å². The molecule has 7 nitrogen and oxygen atoms in total. The van der Waals surface area contributed by atoms with Crippen LogP contribution in [0.5, 0.6) is 5.75 Å². The van der Waals surface area contributed by atoms with Crippen molar-refractivity contribution in [2.45, 2.75) is 6.92 Å². The van der Waals surface area contributed by atoms with Crippen molar-refractivity contribution in [1.29, 1.82) is 0 Å². The molecule has 2 N–H and O–H groups in total. The molecule has 0 aliphatic rings. The van der Waals surface area contributed by atoms with Gasteiger partial charge in [-0.1, -0.05) is 27.5 Å². The number of nitrogens with zero attached hydrogens (tertiary/aromatic N) is 3. The summed E-state index contributed by atoms with van der Waals surface area (Å²) in [7, 11) is 1.52. The normalized spacial score (nSPS) is 10.8. The quantitative estimate of drug-likeness (QED) is 0.350. The summed E-state index contributed by atoms with van der Waals surface area (Å²) in [5.74, 6) is 0.118. The monoisotopic (exact) mass is 529 g/mol. The molecule has 0 saturated carbocycles. The summed E-state index contributed by atoms with van der Waals surface area (Å²) >= 11 is 14.7. The van der Waals surface area contributed by atoms with Crippen LogP contribution in [0.25, 0.3) is 16.7 Å². The summed E-state index contributed by atoms with van der Waals surface area (Å²) in [6, 6.07) is 16.2. The second kappa shape index (κ2) is 9.23. The number of fused-ring (bicyclic) bond motifs is 1. The number of ether oxygens (including phenoxy) is 1. The highest BCUT2D eigenvalue weighted by atomic mass is 79.9. The first-order valence-corrected chi connectivity index (χ1v) is 11.0. The summed E-state index contributed by atoms with van der Waals surface area (Å²) in [5.41, 5.74) is 4.06. The number of thiocarbonyl (C=S) groups is 1. The van der Waals surface area contributed by atoms with Crippen molar-refractivity contribution in [1.82, 2.24) is 20.3 Å². The highest BCUT2D eigenvalue weighted by Crippen LogP contribution is 2.28. The average molecular weight is 531 g/mol. The third kappa shape index (κ3) is 4.74. The molecule has 0 atom stereocenters. The van der Waals surface area contributed by atoms with Gasteiger partial charge in [0.1, 0.15) is 16.8 Å². The van der Waals surface area contributed by atoms with Gasteiger partial charge in [0.2, 0.25) is 0 Å².